The van der Waals surface area contributed by atoms with E-state index in [0.29, 0.717) is 29.3 Å². The van der Waals surface area contributed by atoms with Crippen molar-refractivity contribution in [1.29, 1.82) is 0 Å². The Labute approximate surface area is 161 Å². The van der Waals surface area contributed by atoms with Crippen LogP contribution in [-0.2, 0) is 13.5 Å². The van der Waals surface area contributed by atoms with Gasteiger partial charge in [-0.25, -0.2) is 0 Å². The number of nitrogens with zero attached hydrogens (tertiary/aromatic N) is 1. The van der Waals surface area contributed by atoms with Crippen molar-refractivity contribution in [3.8, 4) is 5.75 Å². The Morgan fingerprint density at radius 3 is 2.71 bits per heavy atom. The number of hydrogen-bond donors (Lipinski definition) is 2. The number of fused-ring (bicyclic) bond motifs is 2. The largest absolute Gasteiger partial charge is 0.497 e. The van der Waals surface area contributed by atoms with Gasteiger partial charge in [-0.3, -0.25) is 9.59 Å². The van der Waals surface area contributed by atoms with Crippen molar-refractivity contribution in [2.45, 2.75) is 6.42 Å². The highest BCUT2D eigenvalue weighted by molar-refractivity contribution is 6.06. The lowest BCUT2D eigenvalue weighted by Crippen LogP contribution is -2.28. The highest BCUT2D eigenvalue weighted by Gasteiger charge is 2.13. The summed E-state index contributed by atoms with van der Waals surface area (Å²) in [6, 6.07) is 13.1. The second-order valence-corrected chi connectivity index (χ2v) is 6.74. The molecule has 0 spiro atoms. The highest BCUT2D eigenvalue weighted by atomic mass is 16.5. The predicted molar refractivity (Wildman–Crippen MR) is 110 cm³/mol. The van der Waals surface area contributed by atoms with E-state index in [9.17, 15) is 9.59 Å². The number of pyridine rings is 1. The number of carbonyl (C=O) groups excluding carboxylic acids is 1. The molecule has 0 radical (unpaired) electrons. The first kappa shape index (κ1) is 17.9. The third-order valence-corrected chi connectivity index (χ3v) is 4.99. The fourth-order valence-electron chi connectivity index (χ4n) is 3.49. The molecule has 4 rings (SSSR count). The van der Waals surface area contributed by atoms with Gasteiger partial charge in [0.15, 0.2) is 0 Å². The average Bonchev–Trinajstić information content (AvgIpc) is 3.12. The van der Waals surface area contributed by atoms with Gasteiger partial charge in [0.2, 0.25) is 0 Å². The molecule has 2 heterocycles. The molecular formula is C22H21N3O3. The Morgan fingerprint density at radius 2 is 1.93 bits per heavy atom. The molecule has 0 saturated carbocycles. The van der Waals surface area contributed by atoms with E-state index >= 15 is 0 Å². The molecule has 0 aliphatic rings. The van der Waals surface area contributed by atoms with Crippen LogP contribution < -0.4 is 15.6 Å². The van der Waals surface area contributed by atoms with Crippen molar-refractivity contribution in [1.82, 2.24) is 14.9 Å². The summed E-state index contributed by atoms with van der Waals surface area (Å²) in [4.78, 5) is 28.3. The second kappa shape index (κ2) is 7.23. The number of aromatic nitrogens is 2. The monoisotopic (exact) mass is 375 g/mol. The van der Waals surface area contributed by atoms with Crippen molar-refractivity contribution in [2.75, 3.05) is 13.7 Å². The minimum absolute atomic E-state index is 0.111. The number of rotatable bonds is 5. The first-order valence-electron chi connectivity index (χ1n) is 9.09. The van der Waals surface area contributed by atoms with Crippen LogP contribution in [0.15, 0.2) is 59.7 Å². The molecule has 0 aliphatic carbocycles. The van der Waals surface area contributed by atoms with Gasteiger partial charge in [0, 0.05) is 47.7 Å². The molecule has 0 unspecified atom stereocenters. The van der Waals surface area contributed by atoms with Crippen LogP contribution in [0.4, 0.5) is 0 Å². The number of ether oxygens (including phenoxy) is 1. The predicted octanol–water partition coefficient (Wildman–Crippen LogP) is 3.00. The summed E-state index contributed by atoms with van der Waals surface area (Å²) in [5.41, 5.74) is 2.53. The summed E-state index contributed by atoms with van der Waals surface area (Å²) < 4.78 is 6.75. The summed E-state index contributed by atoms with van der Waals surface area (Å²) in [6.07, 6.45) is 4.23. The summed E-state index contributed by atoms with van der Waals surface area (Å²) in [5, 5.41) is 5.26. The Kier molecular flexibility index (Phi) is 4.61. The third-order valence-electron chi connectivity index (χ3n) is 4.99. The molecule has 2 aromatic carbocycles. The van der Waals surface area contributed by atoms with Crippen LogP contribution in [0.3, 0.4) is 0 Å². The Morgan fingerprint density at radius 1 is 1.14 bits per heavy atom. The molecule has 6 nitrogen and oxygen atoms in total. The molecule has 2 aromatic heterocycles. The van der Waals surface area contributed by atoms with Crippen molar-refractivity contribution < 1.29 is 9.53 Å². The lowest BCUT2D eigenvalue weighted by atomic mass is 10.1. The van der Waals surface area contributed by atoms with E-state index in [1.165, 1.54) is 4.57 Å². The molecule has 6 heteroatoms. The van der Waals surface area contributed by atoms with Gasteiger partial charge in [0.05, 0.1) is 12.7 Å². The van der Waals surface area contributed by atoms with E-state index in [1.807, 2.05) is 30.5 Å². The van der Waals surface area contributed by atoms with Gasteiger partial charge in [-0.1, -0.05) is 18.2 Å². The molecule has 1 amide bonds. The van der Waals surface area contributed by atoms with Crippen LogP contribution in [0.1, 0.15) is 15.9 Å². The van der Waals surface area contributed by atoms with Gasteiger partial charge < -0.3 is 19.6 Å². The number of benzene rings is 2. The highest BCUT2D eigenvalue weighted by Crippen LogP contribution is 2.23. The Hall–Kier alpha value is -3.54. The summed E-state index contributed by atoms with van der Waals surface area (Å²) in [5.74, 6) is 0.610. The summed E-state index contributed by atoms with van der Waals surface area (Å²) in [6.45, 7) is 0.486. The number of nitrogens with one attached hydrogen (secondary N) is 2. The van der Waals surface area contributed by atoms with E-state index in [-0.39, 0.29) is 11.5 Å². The number of H-pyrrole nitrogens is 1. The van der Waals surface area contributed by atoms with Crippen molar-refractivity contribution in [3.63, 3.8) is 0 Å². The zero-order valence-corrected chi connectivity index (χ0v) is 15.8. The SMILES string of the molecule is COc1ccc2[nH]cc(CCNC(=O)c3cn(C)c(=O)c4ccccc34)c2c1. The number of methoxy groups -OCH3 is 1. The molecule has 0 aliphatic heterocycles. The average molecular weight is 375 g/mol. The van der Waals surface area contributed by atoms with Crippen molar-refractivity contribution in [3.05, 3.63) is 76.3 Å². The summed E-state index contributed by atoms with van der Waals surface area (Å²) in [7, 11) is 3.30. The van der Waals surface area contributed by atoms with Crippen LogP contribution >= 0.6 is 0 Å². The van der Waals surface area contributed by atoms with Gasteiger partial charge in [-0.15, -0.1) is 0 Å². The van der Waals surface area contributed by atoms with E-state index in [0.717, 1.165) is 22.2 Å². The molecule has 0 atom stereocenters. The first-order valence-corrected chi connectivity index (χ1v) is 9.09. The number of aromatic amines is 1. The number of carbonyl (C=O) groups is 1. The third kappa shape index (κ3) is 3.13. The Bertz CT molecular complexity index is 1240. The topological polar surface area (TPSA) is 76.1 Å². The van der Waals surface area contributed by atoms with Crippen LogP contribution in [0.2, 0.25) is 0 Å². The van der Waals surface area contributed by atoms with E-state index in [2.05, 4.69) is 10.3 Å². The summed E-state index contributed by atoms with van der Waals surface area (Å²) >= 11 is 0. The lowest BCUT2D eigenvalue weighted by molar-refractivity contribution is 0.0955. The van der Waals surface area contributed by atoms with Gasteiger partial charge in [0.25, 0.3) is 11.5 Å². The number of hydrogen-bond acceptors (Lipinski definition) is 3. The molecule has 28 heavy (non-hydrogen) atoms. The quantitative estimate of drug-likeness (QED) is 0.563. The van der Waals surface area contributed by atoms with Crippen molar-refractivity contribution >= 4 is 27.6 Å². The maximum atomic E-state index is 12.8. The minimum atomic E-state index is -0.191. The van der Waals surface area contributed by atoms with E-state index in [1.54, 1.807) is 38.6 Å². The zero-order valence-electron chi connectivity index (χ0n) is 15.8. The maximum absolute atomic E-state index is 12.8. The second-order valence-electron chi connectivity index (χ2n) is 6.74. The number of amides is 1. The molecule has 0 fully saturated rings. The fourth-order valence-corrected chi connectivity index (χ4v) is 3.49. The molecular weight excluding hydrogens is 354 g/mol. The van der Waals surface area contributed by atoms with Crippen LogP contribution in [0.25, 0.3) is 21.7 Å². The lowest BCUT2D eigenvalue weighted by Gasteiger charge is -2.10. The normalized spacial score (nSPS) is 11.1. The standard InChI is InChI=1S/C22H21N3O3/c1-25-13-19(16-5-3-4-6-17(16)22(25)27)21(26)23-10-9-14-12-24-20-8-7-15(28-2)11-18(14)20/h3-8,11-13,24H,9-10H2,1-2H3,(H,23,26). The van der Waals surface area contributed by atoms with Crippen LogP contribution in [-0.4, -0.2) is 29.1 Å². The molecule has 142 valence electrons. The van der Waals surface area contributed by atoms with E-state index < -0.39 is 0 Å². The minimum Gasteiger partial charge on any atom is -0.497 e. The first-order chi connectivity index (χ1) is 13.6. The smallest absolute Gasteiger partial charge is 0.258 e. The molecule has 4 aromatic rings. The molecule has 2 N–H and O–H groups in total. The van der Waals surface area contributed by atoms with Gasteiger partial charge >= 0.3 is 0 Å². The van der Waals surface area contributed by atoms with Gasteiger partial charge in [-0.2, -0.15) is 0 Å². The number of aryl methyl sites for hydroxylation is 1. The molecule has 0 saturated heterocycles. The van der Waals surface area contributed by atoms with Crippen molar-refractivity contribution in [2.24, 2.45) is 7.05 Å². The van der Waals surface area contributed by atoms with Gasteiger partial charge in [0.1, 0.15) is 5.75 Å². The molecule has 0 bridgehead atoms. The fraction of sp³-hybridized carbons (Fsp3) is 0.182. The van der Waals surface area contributed by atoms with E-state index in [4.69, 9.17) is 4.74 Å². The zero-order chi connectivity index (χ0) is 19.7. The maximum Gasteiger partial charge on any atom is 0.258 e. The van der Waals surface area contributed by atoms with Crippen LogP contribution in [0.5, 0.6) is 5.75 Å². The van der Waals surface area contributed by atoms with Crippen LogP contribution in [0, 0.1) is 0 Å². The van der Waals surface area contributed by atoms with Gasteiger partial charge in [-0.05, 0) is 36.2 Å². The Balaban J connectivity index is 1.54.